The number of hydrogen-bond acceptors (Lipinski definition) is 3. The number of aromatic nitrogens is 2. The quantitative estimate of drug-likeness (QED) is 0.823. The minimum atomic E-state index is 0.167. The van der Waals surface area contributed by atoms with Crippen LogP contribution in [0, 0.1) is 0 Å². The normalized spacial score (nSPS) is 18.8. The SMILES string of the molecule is COc1cccc(C2NCCc3[nH]cnc32)c1. The van der Waals surface area contributed by atoms with Crippen LogP contribution >= 0.6 is 0 Å². The second kappa shape index (κ2) is 4.22. The molecule has 17 heavy (non-hydrogen) atoms. The molecule has 4 heteroatoms. The summed E-state index contributed by atoms with van der Waals surface area (Å²) >= 11 is 0. The van der Waals surface area contributed by atoms with Crippen molar-refractivity contribution in [3.05, 3.63) is 47.5 Å². The van der Waals surface area contributed by atoms with Crippen molar-refractivity contribution < 1.29 is 4.74 Å². The third kappa shape index (κ3) is 1.80. The van der Waals surface area contributed by atoms with Gasteiger partial charge in [0.25, 0.3) is 0 Å². The molecule has 1 aromatic carbocycles. The first-order valence-corrected chi connectivity index (χ1v) is 5.78. The van der Waals surface area contributed by atoms with Crippen LogP contribution in [-0.4, -0.2) is 23.6 Å². The van der Waals surface area contributed by atoms with Gasteiger partial charge in [0, 0.05) is 18.7 Å². The summed E-state index contributed by atoms with van der Waals surface area (Å²) in [7, 11) is 1.69. The van der Waals surface area contributed by atoms with E-state index in [1.165, 1.54) is 11.3 Å². The van der Waals surface area contributed by atoms with E-state index in [1.54, 1.807) is 13.4 Å². The van der Waals surface area contributed by atoms with Crippen molar-refractivity contribution in [1.82, 2.24) is 15.3 Å². The highest BCUT2D eigenvalue weighted by atomic mass is 16.5. The molecule has 3 rings (SSSR count). The van der Waals surface area contributed by atoms with Gasteiger partial charge in [-0.05, 0) is 17.7 Å². The summed E-state index contributed by atoms with van der Waals surface area (Å²) in [6.45, 7) is 0.969. The third-order valence-corrected chi connectivity index (χ3v) is 3.18. The Kier molecular flexibility index (Phi) is 2.57. The Morgan fingerprint density at radius 3 is 3.24 bits per heavy atom. The number of rotatable bonds is 2. The molecule has 0 fully saturated rings. The van der Waals surface area contributed by atoms with Crippen molar-refractivity contribution in [2.75, 3.05) is 13.7 Å². The minimum absolute atomic E-state index is 0.167. The van der Waals surface area contributed by atoms with Gasteiger partial charge in [-0.2, -0.15) is 0 Å². The first kappa shape index (κ1) is 10.4. The minimum Gasteiger partial charge on any atom is -0.497 e. The zero-order valence-corrected chi connectivity index (χ0v) is 9.73. The third-order valence-electron chi connectivity index (χ3n) is 3.18. The predicted molar refractivity (Wildman–Crippen MR) is 65.1 cm³/mol. The lowest BCUT2D eigenvalue weighted by Crippen LogP contribution is -2.30. The van der Waals surface area contributed by atoms with Gasteiger partial charge in [0.15, 0.2) is 0 Å². The lowest BCUT2D eigenvalue weighted by atomic mass is 9.98. The summed E-state index contributed by atoms with van der Waals surface area (Å²) in [5.74, 6) is 0.881. The van der Waals surface area contributed by atoms with Crippen molar-refractivity contribution in [3.63, 3.8) is 0 Å². The first-order chi connectivity index (χ1) is 8.38. The van der Waals surface area contributed by atoms with Crippen molar-refractivity contribution in [2.24, 2.45) is 0 Å². The van der Waals surface area contributed by atoms with E-state index in [2.05, 4.69) is 27.4 Å². The van der Waals surface area contributed by atoms with Crippen molar-refractivity contribution >= 4 is 0 Å². The standard InChI is InChI=1S/C13H15N3O/c1-17-10-4-2-3-9(7-10)12-13-11(5-6-14-12)15-8-16-13/h2-4,7-8,12,14H,5-6H2,1H3,(H,15,16). The average Bonchev–Trinajstić information content (AvgIpc) is 2.87. The predicted octanol–water partition coefficient (Wildman–Crippen LogP) is 1.65. The zero-order chi connectivity index (χ0) is 11.7. The van der Waals surface area contributed by atoms with Gasteiger partial charge in [-0.15, -0.1) is 0 Å². The largest absolute Gasteiger partial charge is 0.497 e. The molecule has 0 radical (unpaired) electrons. The summed E-state index contributed by atoms with van der Waals surface area (Å²) < 4.78 is 5.26. The van der Waals surface area contributed by atoms with Crippen LogP contribution in [0.5, 0.6) is 5.75 Å². The number of hydrogen-bond donors (Lipinski definition) is 2. The van der Waals surface area contributed by atoms with Crippen molar-refractivity contribution in [2.45, 2.75) is 12.5 Å². The molecular weight excluding hydrogens is 214 g/mol. The van der Waals surface area contributed by atoms with Gasteiger partial charge in [-0.1, -0.05) is 12.1 Å². The van der Waals surface area contributed by atoms with E-state index in [0.717, 1.165) is 24.4 Å². The number of H-pyrrole nitrogens is 1. The topological polar surface area (TPSA) is 49.9 Å². The molecular formula is C13H15N3O. The molecule has 0 spiro atoms. The van der Waals surface area contributed by atoms with Gasteiger partial charge in [-0.3, -0.25) is 0 Å². The van der Waals surface area contributed by atoms with Gasteiger partial charge in [0.1, 0.15) is 5.75 Å². The molecule has 0 aliphatic carbocycles. The molecule has 0 saturated heterocycles. The molecule has 2 heterocycles. The highest BCUT2D eigenvalue weighted by Crippen LogP contribution is 2.28. The molecule has 1 unspecified atom stereocenters. The van der Waals surface area contributed by atoms with E-state index in [9.17, 15) is 0 Å². The summed E-state index contributed by atoms with van der Waals surface area (Å²) in [5.41, 5.74) is 3.53. The Balaban J connectivity index is 2.00. The maximum absolute atomic E-state index is 5.26. The van der Waals surface area contributed by atoms with Crippen LogP contribution in [0.1, 0.15) is 23.0 Å². The molecule has 2 aromatic rings. The van der Waals surface area contributed by atoms with Gasteiger partial charge in [-0.25, -0.2) is 4.98 Å². The van der Waals surface area contributed by atoms with Gasteiger partial charge in [0.05, 0.1) is 25.2 Å². The number of aromatic amines is 1. The number of nitrogens with one attached hydrogen (secondary N) is 2. The van der Waals surface area contributed by atoms with Gasteiger partial charge >= 0.3 is 0 Å². The van der Waals surface area contributed by atoms with Gasteiger partial charge in [0.2, 0.25) is 0 Å². The molecule has 1 aliphatic rings. The Morgan fingerprint density at radius 1 is 1.41 bits per heavy atom. The fourth-order valence-corrected chi connectivity index (χ4v) is 2.32. The maximum atomic E-state index is 5.26. The van der Waals surface area contributed by atoms with Crippen LogP contribution in [0.25, 0.3) is 0 Å². The van der Waals surface area contributed by atoms with E-state index < -0.39 is 0 Å². The van der Waals surface area contributed by atoms with Gasteiger partial charge < -0.3 is 15.0 Å². The Morgan fingerprint density at radius 2 is 2.35 bits per heavy atom. The molecule has 1 aliphatic heterocycles. The van der Waals surface area contributed by atoms with Crippen molar-refractivity contribution in [1.29, 1.82) is 0 Å². The number of methoxy groups -OCH3 is 1. The number of benzene rings is 1. The molecule has 88 valence electrons. The number of nitrogens with zero attached hydrogens (tertiary/aromatic N) is 1. The fourth-order valence-electron chi connectivity index (χ4n) is 2.32. The van der Waals surface area contributed by atoms with Crippen molar-refractivity contribution in [3.8, 4) is 5.75 Å². The summed E-state index contributed by atoms with van der Waals surface area (Å²) in [4.78, 5) is 7.61. The van der Waals surface area contributed by atoms with E-state index in [-0.39, 0.29) is 6.04 Å². The van der Waals surface area contributed by atoms with Crippen LogP contribution in [-0.2, 0) is 6.42 Å². The fraction of sp³-hybridized carbons (Fsp3) is 0.308. The van der Waals surface area contributed by atoms with E-state index in [1.807, 2.05) is 12.1 Å². The monoisotopic (exact) mass is 229 g/mol. The van der Waals surface area contributed by atoms with E-state index >= 15 is 0 Å². The van der Waals surface area contributed by atoms with Crippen LogP contribution in [0.4, 0.5) is 0 Å². The van der Waals surface area contributed by atoms with Crippen LogP contribution < -0.4 is 10.1 Å². The number of ether oxygens (including phenoxy) is 1. The number of fused-ring (bicyclic) bond motifs is 1. The molecule has 0 saturated carbocycles. The molecule has 1 aromatic heterocycles. The Labute approximate surface area is 100 Å². The second-order valence-corrected chi connectivity index (χ2v) is 4.18. The van der Waals surface area contributed by atoms with Crippen LogP contribution in [0.15, 0.2) is 30.6 Å². The molecule has 0 bridgehead atoms. The second-order valence-electron chi connectivity index (χ2n) is 4.18. The highest BCUT2D eigenvalue weighted by Gasteiger charge is 2.23. The van der Waals surface area contributed by atoms with Crippen LogP contribution in [0.2, 0.25) is 0 Å². The molecule has 0 amide bonds. The smallest absolute Gasteiger partial charge is 0.119 e. The number of imidazole rings is 1. The van der Waals surface area contributed by atoms with E-state index in [4.69, 9.17) is 4.74 Å². The Hall–Kier alpha value is -1.81. The molecule has 2 N–H and O–H groups in total. The first-order valence-electron chi connectivity index (χ1n) is 5.78. The molecule has 4 nitrogen and oxygen atoms in total. The van der Waals surface area contributed by atoms with Crippen LogP contribution in [0.3, 0.4) is 0 Å². The summed E-state index contributed by atoms with van der Waals surface area (Å²) in [5, 5.41) is 3.49. The lowest BCUT2D eigenvalue weighted by molar-refractivity contribution is 0.413. The molecule has 1 atom stereocenters. The average molecular weight is 229 g/mol. The highest BCUT2D eigenvalue weighted by molar-refractivity contribution is 5.37. The summed E-state index contributed by atoms with van der Waals surface area (Å²) in [6, 6.07) is 8.29. The summed E-state index contributed by atoms with van der Waals surface area (Å²) in [6.07, 6.45) is 2.78. The zero-order valence-electron chi connectivity index (χ0n) is 9.73. The maximum Gasteiger partial charge on any atom is 0.119 e. The Bertz CT molecular complexity index is 521. The van der Waals surface area contributed by atoms with E-state index in [0.29, 0.717) is 0 Å². The lowest BCUT2D eigenvalue weighted by Gasteiger charge is -2.23.